The fourth-order valence-electron chi connectivity index (χ4n) is 6.08. The molecule has 3 N–H and O–H groups in total. The van der Waals surface area contributed by atoms with Crippen molar-refractivity contribution in [1.29, 1.82) is 0 Å². The molecular weight excluding hydrogens is 450 g/mol. The van der Waals surface area contributed by atoms with Gasteiger partial charge in [0, 0.05) is 30.6 Å². The second-order valence-corrected chi connectivity index (χ2v) is 11.1. The van der Waals surface area contributed by atoms with Crippen molar-refractivity contribution in [3.05, 3.63) is 42.5 Å². The Kier molecular flexibility index (Phi) is 6.29. The molecule has 5 atom stereocenters. The van der Waals surface area contributed by atoms with Crippen LogP contribution in [-0.2, 0) is 14.4 Å². The van der Waals surface area contributed by atoms with Crippen LogP contribution in [0.1, 0.15) is 32.6 Å². The van der Waals surface area contributed by atoms with Crippen LogP contribution in [0.4, 0.5) is 5.69 Å². The highest BCUT2D eigenvalue weighted by Gasteiger charge is 2.73. The zero-order valence-corrected chi connectivity index (χ0v) is 20.1. The minimum absolute atomic E-state index is 0.0572. The van der Waals surface area contributed by atoms with Gasteiger partial charge in [-0.05, 0) is 48.6 Å². The average molecular weight is 482 g/mol. The van der Waals surface area contributed by atoms with E-state index >= 15 is 0 Å². The van der Waals surface area contributed by atoms with Crippen LogP contribution in [0.2, 0.25) is 0 Å². The molecule has 3 aliphatic heterocycles. The molecule has 2 unspecified atom stereocenters. The van der Waals surface area contributed by atoms with Crippen molar-refractivity contribution >= 4 is 45.9 Å². The molecule has 3 aliphatic rings. The summed E-state index contributed by atoms with van der Waals surface area (Å²) in [5, 5.41) is 17.7. The summed E-state index contributed by atoms with van der Waals surface area (Å²) < 4.78 is -0.605. The van der Waals surface area contributed by atoms with E-state index in [0.29, 0.717) is 25.2 Å². The number of carbonyl (C=O) groups is 3. The van der Waals surface area contributed by atoms with Crippen molar-refractivity contribution in [1.82, 2.24) is 10.2 Å². The number of hydrogen-bond acceptors (Lipinski definition) is 5. The van der Waals surface area contributed by atoms with Crippen molar-refractivity contribution in [3.63, 3.8) is 0 Å². The minimum atomic E-state index is -0.665. The van der Waals surface area contributed by atoms with Crippen molar-refractivity contribution in [2.75, 3.05) is 25.0 Å². The fourth-order valence-corrected chi connectivity index (χ4v) is 8.30. The molecule has 0 saturated carbocycles. The van der Waals surface area contributed by atoms with Gasteiger partial charge in [-0.25, -0.2) is 0 Å². The maximum Gasteiger partial charge on any atom is 0.248 e. The molecule has 3 fully saturated rings. The first kappa shape index (κ1) is 23.2. The molecule has 1 spiro atoms. The molecule has 8 heteroatoms. The first-order chi connectivity index (χ1) is 16.5. The molecule has 2 aromatic rings. The molecule has 3 saturated heterocycles. The molecule has 34 heavy (non-hydrogen) atoms. The highest BCUT2D eigenvalue weighted by atomic mass is 32.2. The summed E-state index contributed by atoms with van der Waals surface area (Å²) in [4.78, 5) is 42.1. The van der Waals surface area contributed by atoms with E-state index in [9.17, 15) is 19.5 Å². The first-order valence-electron chi connectivity index (χ1n) is 12.2. The number of rotatable bonds is 8. The third-order valence-corrected chi connectivity index (χ3v) is 9.43. The van der Waals surface area contributed by atoms with Crippen molar-refractivity contribution in [2.24, 2.45) is 11.8 Å². The normalized spacial score (nSPS) is 29.5. The van der Waals surface area contributed by atoms with Crippen LogP contribution in [0.15, 0.2) is 42.5 Å². The first-order valence-corrected chi connectivity index (χ1v) is 13.0. The molecule has 0 radical (unpaired) electrons. The van der Waals surface area contributed by atoms with Crippen LogP contribution in [0, 0.1) is 11.8 Å². The van der Waals surface area contributed by atoms with Gasteiger partial charge in [0.05, 0.1) is 16.6 Å². The Morgan fingerprint density at radius 3 is 2.74 bits per heavy atom. The van der Waals surface area contributed by atoms with Crippen LogP contribution < -0.4 is 10.6 Å². The van der Waals surface area contributed by atoms with Crippen molar-refractivity contribution < 1.29 is 19.5 Å². The monoisotopic (exact) mass is 481 g/mol. The number of anilines is 1. The quantitative estimate of drug-likeness (QED) is 0.539. The second kappa shape index (κ2) is 9.23. The summed E-state index contributed by atoms with van der Waals surface area (Å²) in [6.45, 7) is 2.83. The summed E-state index contributed by atoms with van der Waals surface area (Å²) >= 11 is 1.66. The number of benzene rings is 2. The van der Waals surface area contributed by atoms with Gasteiger partial charge in [-0.3, -0.25) is 14.4 Å². The number of hydrogen-bond donors (Lipinski definition) is 3. The van der Waals surface area contributed by atoms with Crippen LogP contribution in [0.25, 0.3) is 10.8 Å². The van der Waals surface area contributed by atoms with E-state index in [1.807, 2.05) is 49.4 Å². The molecule has 0 aromatic heterocycles. The van der Waals surface area contributed by atoms with Crippen LogP contribution in [0.3, 0.4) is 0 Å². The van der Waals surface area contributed by atoms with Crippen molar-refractivity contribution in [3.8, 4) is 0 Å². The molecular formula is C26H31N3O4S. The van der Waals surface area contributed by atoms with Gasteiger partial charge >= 0.3 is 0 Å². The van der Waals surface area contributed by atoms with E-state index in [4.69, 9.17) is 0 Å². The number of thioether (sulfide) groups is 1. The Labute approximate surface area is 203 Å². The van der Waals surface area contributed by atoms with Crippen molar-refractivity contribution in [2.45, 2.75) is 48.6 Å². The number of fused-ring (bicyclic) bond motifs is 2. The van der Waals surface area contributed by atoms with Gasteiger partial charge < -0.3 is 20.6 Å². The lowest BCUT2D eigenvalue weighted by atomic mass is 9.70. The smallest absolute Gasteiger partial charge is 0.248 e. The predicted octanol–water partition coefficient (Wildman–Crippen LogP) is 2.78. The Morgan fingerprint density at radius 1 is 1.18 bits per heavy atom. The summed E-state index contributed by atoms with van der Waals surface area (Å²) in [7, 11) is 0. The lowest BCUT2D eigenvalue weighted by Crippen LogP contribution is -2.52. The average Bonchev–Trinajstić information content (AvgIpc) is 3.48. The zero-order chi connectivity index (χ0) is 23.9. The highest BCUT2D eigenvalue weighted by molar-refractivity contribution is 8.02. The lowest BCUT2D eigenvalue weighted by molar-refractivity contribution is -0.139. The third-order valence-electron chi connectivity index (χ3n) is 7.47. The maximum absolute atomic E-state index is 13.8. The molecule has 180 valence electrons. The van der Waals surface area contributed by atoms with E-state index in [0.717, 1.165) is 30.0 Å². The summed E-state index contributed by atoms with van der Waals surface area (Å²) in [6, 6.07) is 13.1. The van der Waals surface area contributed by atoms with Gasteiger partial charge in [0.15, 0.2) is 0 Å². The Hall–Kier alpha value is -2.58. The zero-order valence-electron chi connectivity index (χ0n) is 19.3. The predicted molar refractivity (Wildman–Crippen MR) is 133 cm³/mol. The molecule has 7 nitrogen and oxygen atoms in total. The lowest BCUT2D eigenvalue weighted by Gasteiger charge is -2.34. The number of amides is 3. The summed E-state index contributed by atoms with van der Waals surface area (Å²) in [5.41, 5.74) is 0.688. The maximum atomic E-state index is 13.8. The Morgan fingerprint density at radius 2 is 1.97 bits per heavy atom. The summed E-state index contributed by atoms with van der Waals surface area (Å²) in [5.74, 6) is -1.32. The Balaban J connectivity index is 1.46. The number of nitrogens with one attached hydrogen (secondary N) is 2. The van der Waals surface area contributed by atoms with Gasteiger partial charge in [-0.1, -0.05) is 37.3 Å². The number of aliphatic hydroxyl groups is 1. The number of aliphatic hydroxyl groups excluding tert-OH is 1. The van der Waals surface area contributed by atoms with Gasteiger partial charge in [0.1, 0.15) is 6.04 Å². The van der Waals surface area contributed by atoms with Gasteiger partial charge in [0.2, 0.25) is 17.7 Å². The van der Waals surface area contributed by atoms with Crippen LogP contribution >= 0.6 is 11.8 Å². The number of carbonyl (C=O) groups excluding carboxylic acids is 3. The topological polar surface area (TPSA) is 98.7 Å². The van der Waals surface area contributed by atoms with Gasteiger partial charge in [-0.2, -0.15) is 0 Å². The van der Waals surface area contributed by atoms with E-state index in [2.05, 4.69) is 10.6 Å². The van der Waals surface area contributed by atoms with Crippen LogP contribution in [0.5, 0.6) is 0 Å². The van der Waals surface area contributed by atoms with Gasteiger partial charge in [-0.15, -0.1) is 11.8 Å². The second-order valence-electron chi connectivity index (χ2n) is 9.51. The third kappa shape index (κ3) is 3.67. The standard InChI is InChI=1S/C26H31N3O4S/c1-2-12-27-23(31)20-19-10-11-26(34-19)21(20)25(33)29(13-5-14-30)22(26)24(32)28-18-9-8-16-6-3-4-7-17(16)15-18/h3-4,6-9,15,19-22,30H,2,5,10-14H2,1H3,(H,27,31)(H,28,32)/t19-,20+,21-,22?,26?/m0/s1. The largest absolute Gasteiger partial charge is 0.396 e. The van der Waals surface area contributed by atoms with E-state index in [1.165, 1.54) is 0 Å². The van der Waals surface area contributed by atoms with Crippen LogP contribution in [-0.4, -0.2) is 63.5 Å². The SMILES string of the molecule is CCCNC(=O)[C@@H]1[C@@H]2CCC3(S2)C(C(=O)Nc2ccc4ccccc4c2)N(CCCO)C(=O)[C@H]13. The van der Waals surface area contributed by atoms with Gasteiger partial charge in [0.25, 0.3) is 0 Å². The van der Waals surface area contributed by atoms with E-state index < -0.39 is 22.6 Å². The Bertz CT molecular complexity index is 1120. The number of likely N-dealkylation sites (tertiary alicyclic amines) is 1. The molecule has 2 bridgehead atoms. The molecule has 2 aromatic carbocycles. The molecule has 3 heterocycles. The molecule has 0 aliphatic carbocycles. The van der Waals surface area contributed by atoms with E-state index in [1.54, 1.807) is 16.7 Å². The minimum Gasteiger partial charge on any atom is -0.396 e. The molecule has 3 amide bonds. The highest BCUT2D eigenvalue weighted by Crippen LogP contribution is 2.66. The summed E-state index contributed by atoms with van der Waals surface area (Å²) in [6.07, 6.45) is 2.79. The number of nitrogens with zero attached hydrogens (tertiary/aromatic N) is 1. The molecule has 5 rings (SSSR count). The fraction of sp³-hybridized carbons (Fsp3) is 0.500. The van der Waals surface area contributed by atoms with E-state index in [-0.39, 0.29) is 29.6 Å².